The maximum atomic E-state index is 12.5. The van der Waals surface area contributed by atoms with Crippen molar-refractivity contribution in [2.24, 2.45) is 0 Å². The lowest BCUT2D eigenvalue weighted by Crippen LogP contribution is -2.27. The summed E-state index contributed by atoms with van der Waals surface area (Å²) < 4.78 is 0. The number of nitrogens with one attached hydrogen (secondary N) is 1. The highest BCUT2D eigenvalue weighted by atomic mass is 16.3. The Morgan fingerprint density at radius 3 is 2.62 bits per heavy atom. The van der Waals surface area contributed by atoms with Crippen LogP contribution in [0.25, 0.3) is 0 Å². The Bertz CT molecular complexity index is 651. The predicted molar refractivity (Wildman–Crippen MR) is 81.7 cm³/mol. The van der Waals surface area contributed by atoms with Crippen molar-refractivity contribution in [3.8, 4) is 5.75 Å². The van der Waals surface area contributed by atoms with Crippen LogP contribution in [-0.2, 0) is 0 Å². The van der Waals surface area contributed by atoms with Crippen LogP contribution in [0.3, 0.4) is 0 Å². The third kappa shape index (κ3) is 3.13. The van der Waals surface area contributed by atoms with Crippen LogP contribution in [0.5, 0.6) is 5.75 Å². The van der Waals surface area contributed by atoms with E-state index in [1.54, 1.807) is 37.4 Å². The van der Waals surface area contributed by atoms with Crippen molar-refractivity contribution in [3.05, 3.63) is 48.2 Å². The van der Waals surface area contributed by atoms with Crippen LogP contribution in [-0.4, -0.2) is 29.1 Å². The molecule has 0 spiro atoms. The Morgan fingerprint density at radius 1 is 1.24 bits per heavy atom. The summed E-state index contributed by atoms with van der Waals surface area (Å²) in [5.41, 5.74) is 1.11. The second kappa shape index (κ2) is 5.44. The van der Waals surface area contributed by atoms with Gasteiger partial charge in [-0.15, -0.1) is 0 Å². The van der Waals surface area contributed by atoms with Gasteiger partial charge in [0.15, 0.2) is 0 Å². The number of phenolic OH excluding ortho intramolecular Hbond substituents is 1. The molecular formula is C16H17N3O2. The van der Waals surface area contributed by atoms with Crippen LogP contribution in [0, 0.1) is 0 Å². The first-order chi connectivity index (χ1) is 10.1. The van der Waals surface area contributed by atoms with Crippen LogP contribution in [0.4, 0.5) is 11.5 Å². The Balaban J connectivity index is 1.78. The summed E-state index contributed by atoms with van der Waals surface area (Å²) >= 11 is 0. The fourth-order valence-corrected chi connectivity index (χ4v) is 2.04. The van der Waals surface area contributed by atoms with Crippen molar-refractivity contribution in [3.63, 3.8) is 0 Å². The van der Waals surface area contributed by atoms with E-state index in [1.165, 1.54) is 4.90 Å². The number of anilines is 2. The third-order valence-electron chi connectivity index (χ3n) is 3.44. The van der Waals surface area contributed by atoms with Gasteiger partial charge in [-0.3, -0.25) is 4.79 Å². The van der Waals surface area contributed by atoms with Gasteiger partial charge in [-0.1, -0.05) is 6.07 Å². The fourth-order valence-electron chi connectivity index (χ4n) is 2.04. The lowest BCUT2D eigenvalue weighted by Gasteiger charge is -2.17. The number of carbonyl (C=O) groups is 1. The van der Waals surface area contributed by atoms with E-state index in [-0.39, 0.29) is 11.7 Å². The number of rotatable bonds is 4. The van der Waals surface area contributed by atoms with Gasteiger partial charge in [-0.25, -0.2) is 4.98 Å². The Kier molecular flexibility index (Phi) is 3.48. The van der Waals surface area contributed by atoms with Gasteiger partial charge in [0.05, 0.1) is 0 Å². The number of aromatic nitrogens is 1. The molecule has 1 fully saturated rings. The van der Waals surface area contributed by atoms with Crippen molar-refractivity contribution >= 4 is 17.4 Å². The number of pyridine rings is 1. The van der Waals surface area contributed by atoms with Crippen molar-refractivity contribution in [2.75, 3.05) is 17.3 Å². The number of benzene rings is 1. The van der Waals surface area contributed by atoms with E-state index in [0.29, 0.717) is 17.4 Å². The van der Waals surface area contributed by atoms with E-state index < -0.39 is 0 Å². The second-order valence-corrected chi connectivity index (χ2v) is 5.21. The largest absolute Gasteiger partial charge is 0.508 e. The minimum Gasteiger partial charge on any atom is -0.508 e. The number of hydrogen-bond acceptors (Lipinski definition) is 4. The highest BCUT2D eigenvalue weighted by Gasteiger charge is 2.22. The molecule has 2 aromatic rings. The summed E-state index contributed by atoms with van der Waals surface area (Å²) in [4.78, 5) is 18.3. The molecule has 1 saturated carbocycles. The number of amides is 1. The summed E-state index contributed by atoms with van der Waals surface area (Å²) in [7, 11) is 1.69. The average Bonchev–Trinajstić information content (AvgIpc) is 3.31. The summed E-state index contributed by atoms with van der Waals surface area (Å²) in [5.74, 6) is 0.732. The first kappa shape index (κ1) is 13.4. The number of carbonyl (C=O) groups excluding carboxylic acids is 1. The lowest BCUT2D eigenvalue weighted by atomic mass is 10.2. The van der Waals surface area contributed by atoms with Crippen LogP contribution < -0.4 is 10.2 Å². The minimum absolute atomic E-state index is 0.174. The molecule has 1 aliphatic rings. The monoisotopic (exact) mass is 283 g/mol. The van der Waals surface area contributed by atoms with Crippen LogP contribution >= 0.6 is 0 Å². The smallest absolute Gasteiger partial charge is 0.276 e. The molecule has 1 heterocycles. The molecule has 0 aliphatic heterocycles. The molecule has 21 heavy (non-hydrogen) atoms. The van der Waals surface area contributed by atoms with Gasteiger partial charge in [0, 0.05) is 18.8 Å². The zero-order chi connectivity index (χ0) is 14.8. The maximum absolute atomic E-state index is 12.5. The summed E-state index contributed by atoms with van der Waals surface area (Å²) in [6.45, 7) is 0. The second-order valence-electron chi connectivity index (χ2n) is 5.21. The molecule has 0 saturated heterocycles. The van der Waals surface area contributed by atoms with Crippen LogP contribution in [0.15, 0.2) is 42.5 Å². The van der Waals surface area contributed by atoms with Gasteiger partial charge in [0.2, 0.25) is 0 Å². The zero-order valence-corrected chi connectivity index (χ0v) is 11.8. The van der Waals surface area contributed by atoms with E-state index in [9.17, 15) is 9.90 Å². The molecule has 0 atom stereocenters. The van der Waals surface area contributed by atoms with Gasteiger partial charge >= 0.3 is 0 Å². The number of phenols is 1. The van der Waals surface area contributed by atoms with Crippen LogP contribution in [0.1, 0.15) is 23.3 Å². The number of hydrogen-bond donors (Lipinski definition) is 2. The molecule has 1 aromatic heterocycles. The number of aromatic hydroxyl groups is 1. The third-order valence-corrected chi connectivity index (χ3v) is 3.44. The maximum Gasteiger partial charge on any atom is 0.276 e. The topological polar surface area (TPSA) is 65.5 Å². The van der Waals surface area contributed by atoms with Gasteiger partial charge in [0.1, 0.15) is 17.3 Å². The number of nitrogens with zero attached hydrogens (tertiary/aromatic N) is 2. The quantitative estimate of drug-likeness (QED) is 0.905. The van der Waals surface area contributed by atoms with E-state index in [1.807, 2.05) is 12.1 Å². The first-order valence-corrected chi connectivity index (χ1v) is 6.94. The SMILES string of the molecule is CN(C(=O)c1cccc(NC2CC2)n1)c1ccc(O)cc1. The molecule has 1 amide bonds. The standard InChI is InChI=1S/C16H17N3O2/c1-19(12-7-9-13(20)10-8-12)16(21)14-3-2-4-15(18-14)17-11-5-6-11/h2-4,7-11,20H,5-6H2,1H3,(H,17,18). The molecule has 0 bridgehead atoms. The van der Waals surface area contributed by atoms with E-state index in [2.05, 4.69) is 10.3 Å². The molecule has 108 valence electrons. The Labute approximate surface area is 123 Å². The Hall–Kier alpha value is -2.56. The van der Waals surface area contributed by atoms with Gasteiger partial charge in [-0.2, -0.15) is 0 Å². The summed E-state index contributed by atoms with van der Waals surface area (Å²) in [6.07, 6.45) is 2.32. The predicted octanol–water partition coefficient (Wildman–Crippen LogP) is 2.64. The van der Waals surface area contributed by atoms with E-state index in [4.69, 9.17) is 0 Å². The molecule has 1 aliphatic carbocycles. The molecule has 1 aromatic carbocycles. The Morgan fingerprint density at radius 2 is 1.95 bits per heavy atom. The fraction of sp³-hybridized carbons (Fsp3) is 0.250. The zero-order valence-electron chi connectivity index (χ0n) is 11.8. The van der Waals surface area contributed by atoms with Gasteiger partial charge < -0.3 is 15.3 Å². The van der Waals surface area contributed by atoms with Crippen molar-refractivity contribution in [1.82, 2.24) is 4.98 Å². The van der Waals surface area contributed by atoms with Crippen LogP contribution in [0.2, 0.25) is 0 Å². The van der Waals surface area contributed by atoms with Crippen molar-refractivity contribution in [1.29, 1.82) is 0 Å². The lowest BCUT2D eigenvalue weighted by molar-refractivity contribution is 0.0988. The van der Waals surface area contributed by atoms with Crippen molar-refractivity contribution < 1.29 is 9.90 Å². The van der Waals surface area contributed by atoms with Gasteiger partial charge in [-0.05, 0) is 49.2 Å². The molecule has 3 rings (SSSR count). The average molecular weight is 283 g/mol. The summed E-state index contributed by atoms with van der Waals surface area (Å²) in [6, 6.07) is 12.4. The normalized spacial score (nSPS) is 13.8. The molecule has 2 N–H and O–H groups in total. The van der Waals surface area contributed by atoms with E-state index >= 15 is 0 Å². The highest BCUT2D eigenvalue weighted by molar-refractivity contribution is 6.04. The highest BCUT2D eigenvalue weighted by Crippen LogP contribution is 2.24. The minimum atomic E-state index is -0.180. The molecule has 0 radical (unpaired) electrons. The van der Waals surface area contributed by atoms with E-state index in [0.717, 1.165) is 18.7 Å². The molecular weight excluding hydrogens is 266 g/mol. The molecule has 5 nitrogen and oxygen atoms in total. The van der Waals surface area contributed by atoms with Gasteiger partial charge in [0.25, 0.3) is 5.91 Å². The first-order valence-electron chi connectivity index (χ1n) is 6.94. The van der Waals surface area contributed by atoms with Crippen molar-refractivity contribution in [2.45, 2.75) is 18.9 Å². The summed E-state index contributed by atoms with van der Waals surface area (Å²) in [5, 5.41) is 12.6. The molecule has 5 heteroatoms. The molecule has 0 unspecified atom stereocenters.